The van der Waals surface area contributed by atoms with Crippen LogP contribution >= 0.6 is 0 Å². The maximum Gasteiger partial charge on any atom is 0.115 e. The van der Waals surface area contributed by atoms with E-state index in [1.165, 1.54) is 0 Å². The number of nitrogens with one attached hydrogen (secondary N) is 1. The predicted octanol–water partition coefficient (Wildman–Crippen LogP) is 1.97. The van der Waals surface area contributed by atoms with Gasteiger partial charge in [-0.1, -0.05) is 12.1 Å². The smallest absolute Gasteiger partial charge is 0.115 e. The van der Waals surface area contributed by atoms with Gasteiger partial charge in [0, 0.05) is 32.2 Å². The van der Waals surface area contributed by atoms with Crippen molar-refractivity contribution in [2.24, 2.45) is 5.41 Å². The Hall–Kier alpha value is -1.10. The lowest BCUT2D eigenvalue weighted by Gasteiger charge is -2.33. The molecule has 4 nitrogen and oxygen atoms in total. The van der Waals surface area contributed by atoms with Gasteiger partial charge >= 0.3 is 0 Å². The van der Waals surface area contributed by atoms with Gasteiger partial charge in [-0.15, -0.1) is 0 Å². The molecule has 2 rings (SSSR count). The normalized spacial score (nSPS) is 26.0. The number of methoxy groups -OCH3 is 1. The first-order valence-corrected chi connectivity index (χ1v) is 7.25. The fourth-order valence-corrected chi connectivity index (χ4v) is 2.93. The molecule has 1 saturated heterocycles. The Morgan fingerprint density at radius 2 is 2.35 bits per heavy atom. The van der Waals surface area contributed by atoms with Crippen molar-refractivity contribution < 1.29 is 14.6 Å². The van der Waals surface area contributed by atoms with E-state index in [2.05, 4.69) is 18.3 Å². The van der Waals surface area contributed by atoms with Crippen LogP contribution in [0.5, 0.6) is 5.75 Å². The van der Waals surface area contributed by atoms with Gasteiger partial charge < -0.3 is 19.9 Å². The van der Waals surface area contributed by atoms with Crippen LogP contribution in [0.1, 0.15) is 18.9 Å². The van der Waals surface area contributed by atoms with Crippen molar-refractivity contribution in [3.8, 4) is 5.75 Å². The number of ether oxygens (including phenoxy) is 2. The van der Waals surface area contributed by atoms with Gasteiger partial charge in [0.1, 0.15) is 5.75 Å². The van der Waals surface area contributed by atoms with Gasteiger partial charge in [-0.05, 0) is 37.5 Å². The van der Waals surface area contributed by atoms with Crippen molar-refractivity contribution in [3.63, 3.8) is 0 Å². The molecule has 0 aliphatic carbocycles. The zero-order valence-corrected chi connectivity index (χ0v) is 12.4. The fraction of sp³-hybridized carbons (Fsp3) is 0.625. The van der Waals surface area contributed by atoms with E-state index >= 15 is 0 Å². The average molecular weight is 279 g/mol. The Labute approximate surface area is 121 Å². The second-order valence-electron chi connectivity index (χ2n) is 5.64. The second kappa shape index (κ2) is 7.07. The number of aromatic hydroxyl groups is 1. The zero-order chi connectivity index (χ0) is 14.4. The van der Waals surface area contributed by atoms with Crippen LogP contribution in [0, 0.1) is 5.41 Å². The third kappa shape index (κ3) is 3.72. The maximum atomic E-state index is 9.62. The van der Waals surface area contributed by atoms with E-state index < -0.39 is 0 Å². The Balaban J connectivity index is 2.03. The number of hydrogen-bond acceptors (Lipinski definition) is 4. The average Bonchev–Trinajstić information content (AvgIpc) is 2.77. The van der Waals surface area contributed by atoms with E-state index in [0.717, 1.165) is 44.7 Å². The first-order valence-electron chi connectivity index (χ1n) is 7.25. The lowest BCUT2D eigenvalue weighted by Crippen LogP contribution is -2.42. The van der Waals surface area contributed by atoms with Crippen molar-refractivity contribution in [1.29, 1.82) is 0 Å². The number of phenolic OH excluding ortho intramolecular Hbond substituents is 1. The highest BCUT2D eigenvalue weighted by Crippen LogP contribution is 2.38. The second-order valence-corrected chi connectivity index (χ2v) is 5.64. The minimum atomic E-state index is 0.0987. The summed E-state index contributed by atoms with van der Waals surface area (Å²) in [6.07, 6.45) is 2.19. The summed E-state index contributed by atoms with van der Waals surface area (Å²) in [5.41, 5.74) is 1.26. The highest BCUT2D eigenvalue weighted by Gasteiger charge is 2.41. The molecule has 112 valence electrons. The first kappa shape index (κ1) is 15.3. The maximum absolute atomic E-state index is 9.62. The molecule has 2 atom stereocenters. The van der Waals surface area contributed by atoms with E-state index in [4.69, 9.17) is 9.47 Å². The number of rotatable bonds is 7. The van der Waals surface area contributed by atoms with Crippen LogP contribution in [0.25, 0.3) is 0 Å². The summed E-state index contributed by atoms with van der Waals surface area (Å²) in [5, 5.41) is 13.1. The van der Waals surface area contributed by atoms with Gasteiger partial charge in [0.15, 0.2) is 0 Å². The highest BCUT2D eigenvalue weighted by molar-refractivity contribution is 5.28. The van der Waals surface area contributed by atoms with E-state index in [0.29, 0.717) is 5.75 Å². The zero-order valence-electron chi connectivity index (χ0n) is 12.4. The summed E-state index contributed by atoms with van der Waals surface area (Å²) < 4.78 is 10.9. The summed E-state index contributed by atoms with van der Waals surface area (Å²) in [4.78, 5) is 0. The third-order valence-electron chi connectivity index (χ3n) is 4.26. The topological polar surface area (TPSA) is 50.7 Å². The molecule has 2 N–H and O–H groups in total. The van der Waals surface area contributed by atoms with Crippen molar-refractivity contribution in [2.75, 3.05) is 33.4 Å². The van der Waals surface area contributed by atoms with Gasteiger partial charge in [-0.3, -0.25) is 0 Å². The Bertz CT molecular complexity index is 424. The molecule has 1 aromatic carbocycles. The van der Waals surface area contributed by atoms with Crippen molar-refractivity contribution in [2.45, 2.75) is 25.9 Å². The molecule has 0 spiro atoms. The Morgan fingerprint density at radius 1 is 1.50 bits per heavy atom. The number of phenols is 1. The Morgan fingerprint density at radius 3 is 3.00 bits per heavy atom. The van der Waals surface area contributed by atoms with Crippen molar-refractivity contribution in [3.05, 3.63) is 29.8 Å². The van der Waals surface area contributed by atoms with Crippen molar-refractivity contribution in [1.82, 2.24) is 5.32 Å². The minimum Gasteiger partial charge on any atom is -0.508 e. The molecular weight excluding hydrogens is 254 g/mol. The largest absolute Gasteiger partial charge is 0.508 e. The molecule has 0 aromatic heterocycles. The summed E-state index contributed by atoms with van der Waals surface area (Å²) in [6.45, 7) is 5.44. The van der Waals surface area contributed by atoms with Crippen LogP contribution in [0.2, 0.25) is 0 Å². The van der Waals surface area contributed by atoms with E-state index in [1.54, 1.807) is 13.2 Å². The quantitative estimate of drug-likeness (QED) is 0.749. The van der Waals surface area contributed by atoms with Gasteiger partial charge in [0.05, 0.1) is 12.7 Å². The lowest BCUT2D eigenvalue weighted by atomic mass is 9.76. The highest BCUT2D eigenvalue weighted by atomic mass is 16.5. The monoisotopic (exact) mass is 279 g/mol. The van der Waals surface area contributed by atoms with Crippen molar-refractivity contribution >= 4 is 0 Å². The third-order valence-corrected chi connectivity index (χ3v) is 4.26. The molecule has 2 unspecified atom stereocenters. The lowest BCUT2D eigenvalue weighted by molar-refractivity contribution is 0.0619. The minimum absolute atomic E-state index is 0.0987. The molecule has 20 heavy (non-hydrogen) atoms. The molecular formula is C16H25NO3. The SMILES string of the molecule is COCCNCC1(Cc2cccc(O)c2)CCOC1C. The summed E-state index contributed by atoms with van der Waals surface area (Å²) >= 11 is 0. The predicted molar refractivity (Wildman–Crippen MR) is 79.0 cm³/mol. The summed E-state index contributed by atoms with van der Waals surface area (Å²) in [6, 6.07) is 7.53. The molecule has 0 bridgehead atoms. The molecule has 1 fully saturated rings. The van der Waals surface area contributed by atoms with Crippen LogP contribution in [-0.4, -0.2) is 44.6 Å². The summed E-state index contributed by atoms with van der Waals surface area (Å²) in [7, 11) is 1.71. The van der Waals surface area contributed by atoms with Crippen LogP contribution in [0.15, 0.2) is 24.3 Å². The molecule has 1 aliphatic rings. The molecule has 0 amide bonds. The fourth-order valence-electron chi connectivity index (χ4n) is 2.93. The van der Waals surface area contributed by atoms with E-state index in [-0.39, 0.29) is 11.5 Å². The number of hydrogen-bond donors (Lipinski definition) is 2. The molecule has 4 heteroatoms. The molecule has 0 radical (unpaired) electrons. The van der Waals surface area contributed by atoms with Crippen LogP contribution in [0.3, 0.4) is 0 Å². The molecule has 1 aromatic rings. The Kier molecular flexibility index (Phi) is 5.40. The van der Waals surface area contributed by atoms with Gasteiger partial charge in [0.25, 0.3) is 0 Å². The van der Waals surface area contributed by atoms with Gasteiger partial charge in [-0.2, -0.15) is 0 Å². The standard InChI is InChI=1S/C16H25NO3/c1-13-16(6-8-20-13,12-17-7-9-19-2)11-14-4-3-5-15(18)10-14/h3-5,10,13,17-18H,6-9,11-12H2,1-2H3. The molecule has 1 aliphatic heterocycles. The van der Waals surface area contributed by atoms with E-state index in [1.807, 2.05) is 12.1 Å². The summed E-state index contributed by atoms with van der Waals surface area (Å²) in [5.74, 6) is 0.330. The van der Waals surface area contributed by atoms with Gasteiger partial charge in [0.2, 0.25) is 0 Å². The molecule has 1 heterocycles. The first-order chi connectivity index (χ1) is 9.66. The number of benzene rings is 1. The van der Waals surface area contributed by atoms with Crippen LogP contribution in [0.4, 0.5) is 0 Å². The van der Waals surface area contributed by atoms with Crippen LogP contribution < -0.4 is 5.32 Å². The van der Waals surface area contributed by atoms with Gasteiger partial charge in [-0.25, -0.2) is 0 Å². The molecule has 0 saturated carbocycles. The van der Waals surface area contributed by atoms with E-state index in [9.17, 15) is 5.11 Å². The van der Waals surface area contributed by atoms with Crippen LogP contribution in [-0.2, 0) is 15.9 Å².